The smallest absolute Gasteiger partial charge is 0.259 e. The first-order chi connectivity index (χ1) is 17.5. The van der Waals surface area contributed by atoms with Gasteiger partial charge in [-0.1, -0.05) is 46.3 Å². The van der Waals surface area contributed by atoms with Crippen LogP contribution in [0.15, 0.2) is 94.6 Å². The van der Waals surface area contributed by atoms with Gasteiger partial charge in [-0.3, -0.25) is 9.59 Å². The van der Waals surface area contributed by atoms with Gasteiger partial charge in [0.25, 0.3) is 11.8 Å². The van der Waals surface area contributed by atoms with Gasteiger partial charge in [0.1, 0.15) is 11.4 Å². The molecule has 3 aromatic carbocycles. The van der Waals surface area contributed by atoms with Crippen molar-refractivity contribution in [1.82, 2.24) is 20.5 Å². The zero-order valence-corrected chi connectivity index (χ0v) is 21.1. The zero-order chi connectivity index (χ0) is 25.3. The first-order valence-electron chi connectivity index (χ1n) is 11.3. The van der Waals surface area contributed by atoms with Gasteiger partial charge in [0, 0.05) is 27.4 Å². The number of hydrogen-bond acceptors (Lipinski definition) is 5. The Morgan fingerprint density at radius 3 is 2.44 bits per heavy atom. The fourth-order valence-electron chi connectivity index (χ4n) is 3.37. The molecule has 0 bridgehead atoms. The molecule has 4 aromatic rings. The maximum Gasteiger partial charge on any atom is 0.259 e. The number of nitrogens with one attached hydrogen (secondary N) is 2. The highest BCUT2D eigenvalue weighted by molar-refractivity contribution is 9.10. The van der Waals surface area contributed by atoms with Crippen LogP contribution in [0.5, 0.6) is 5.75 Å². The highest BCUT2D eigenvalue weighted by Crippen LogP contribution is 2.24. The van der Waals surface area contributed by atoms with Gasteiger partial charge in [0.05, 0.1) is 25.1 Å². The number of nitrogens with zero attached hydrogens (tertiary/aromatic N) is 3. The first-order valence-corrected chi connectivity index (χ1v) is 12.1. The number of ether oxygens (including phenoxy) is 1. The molecule has 36 heavy (non-hydrogen) atoms. The second kappa shape index (κ2) is 11.9. The van der Waals surface area contributed by atoms with E-state index in [0.29, 0.717) is 23.6 Å². The zero-order valence-electron chi connectivity index (χ0n) is 19.5. The van der Waals surface area contributed by atoms with Gasteiger partial charge in [-0.2, -0.15) is 10.2 Å². The largest absolute Gasteiger partial charge is 0.494 e. The summed E-state index contributed by atoms with van der Waals surface area (Å²) in [6.45, 7) is 2.22. The Hall–Kier alpha value is -4.24. The minimum absolute atomic E-state index is 0.216. The van der Waals surface area contributed by atoms with Crippen molar-refractivity contribution in [2.45, 2.75) is 6.92 Å². The molecular weight excluding hydrogens is 522 g/mol. The van der Waals surface area contributed by atoms with Crippen LogP contribution in [-0.4, -0.2) is 41.0 Å². The molecule has 0 atom stereocenters. The summed E-state index contributed by atoms with van der Waals surface area (Å²) in [6.07, 6.45) is 3.38. The summed E-state index contributed by atoms with van der Waals surface area (Å²) in [5, 5.41) is 11.4. The van der Waals surface area contributed by atoms with Crippen LogP contribution in [0.3, 0.4) is 0 Å². The Bertz CT molecular complexity index is 1350. The van der Waals surface area contributed by atoms with Crippen molar-refractivity contribution in [2.75, 3.05) is 13.2 Å². The Labute approximate surface area is 217 Å². The van der Waals surface area contributed by atoms with Crippen molar-refractivity contribution >= 4 is 34.0 Å². The predicted molar refractivity (Wildman–Crippen MR) is 142 cm³/mol. The fraction of sp³-hybridized carbons (Fsp3) is 0.111. The van der Waals surface area contributed by atoms with E-state index >= 15 is 0 Å². The quantitative estimate of drug-likeness (QED) is 0.237. The first kappa shape index (κ1) is 24.9. The van der Waals surface area contributed by atoms with Crippen LogP contribution >= 0.6 is 15.9 Å². The highest BCUT2D eigenvalue weighted by Gasteiger charge is 2.12. The third-order valence-corrected chi connectivity index (χ3v) is 5.64. The summed E-state index contributed by atoms with van der Waals surface area (Å²) in [6, 6.07) is 24.2. The van der Waals surface area contributed by atoms with E-state index in [9.17, 15) is 9.59 Å². The Kier molecular flexibility index (Phi) is 8.25. The van der Waals surface area contributed by atoms with Gasteiger partial charge in [-0.15, -0.1) is 0 Å². The summed E-state index contributed by atoms with van der Waals surface area (Å²) in [5.41, 5.74) is 6.13. The van der Waals surface area contributed by atoms with Crippen molar-refractivity contribution in [2.24, 2.45) is 5.10 Å². The number of amides is 2. The van der Waals surface area contributed by atoms with Crippen molar-refractivity contribution in [3.63, 3.8) is 0 Å². The molecule has 0 saturated heterocycles. The van der Waals surface area contributed by atoms with Crippen LogP contribution < -0.4 is 15.5 Å². The summed E-state index contributed by atoms with van der Waals surface area (Å²) < 4.78 is 8.09. The summed E-state index contributed by atoms with van der Waals surface area (Å²) >= 11 is 3.45. The van der Waals surface area contributed by atoms with Gasteiger partial charge in [0.2, 0.25) is 0 Å². The molecule has 9 heteroatoms. The number of halogens is 1. The number of hydrogen-bond donors (Lipinski definition) is 2. The minimum atomic E-state index is -0.453. The van der Waals surface area contributed by atoms with E-state index in [4.69, 9.17) is 9.84 Å². The lowest BCUT2D eigenvalue weighted by molar-refractivity contribution is -0.120. The molecule has 2 amide bonds. The van der Waals surface area contributed by atoms with Crippen LogP contribution in [0.25, 0.3) is 16.9 Å². The molecular formula is C27H24BrN5O3. The second-order valence-corrected chi connectivity index (χ2v) is 8.57. The third-order valence-electron chi connectivity index (χ3n) is 5.11. The van der Waals surface area contributed by atoms with Crippen LogP contribution in [0.2, 0.25) is 0 Å². The predicted octanol–water partition coefficient (Wildman–Crippen LogP) is 4.58. The van der Waals surface area contributed by atoms with Crippen LogP contribution in [0.4, 0.5) is 0 Å². The molecule has 4 rings (SSSR count). The van der Waals surface area contributed by atoms with Crippen molar-refractivity contribution < 1.29 is 14.3 Å². The minimum Gasteiger partial charge on any atom is -0.494 e. The molecule has 2 N–H and O–H groups in total. The van der Waals surface area contributed by atoms with E-state index < -0.39 is 5.91 Å². The van der Waals surface area contributed by atoms with Crippen molar-refractivity contribution in [3.8, 4) is 22.7 Å². The SMILES string of the molecule is CCOc1ccc(C(=O)NCC(=O)N/N=C\c2cn(-c3ccccc3)nc2-c2ccc(Br)cc2)cc1. The number of benzene rings is 3. The van der Waals surface area contributed by atoms with Gasteiger partial charge in [0.15, 0.2) is 0 Å². The van der Waals surface area contributed by atoms with Gasteiger partial charge in [-0.25, -0.2) is 10.1 Å². The molecule has 0 fully saturated rings. The topological polar surface area (TPSA) is 97.6 Å². The normalized spacial score (nSPS) is 10.8. The van der Waals surface area contributed by atoms with Crippen molar-refractivity contribution in [3.05, 3.63) is 101 Å². The summed E-state index contributed by atoms with van der Waals surface area (Å²) in [5.74, 6) is -0.135. The van der Waals surface area contributed by atoms with Crippen molar-refractivity contribution in [1.29, 1.82) is 0 Å². The van der Waals surface area contributed by atoms with E-state index in [2.05, 4.69) is 31.8 Å². The van der Waals surface area contributed by atoms with Gasteiger partial charge >= 0.3 is 0 Å². The molecule has 1 aromatic heterocycles. The van der Waals surface area contributed by atoms with Gasteiger partial charge in [-0.05, 0) is 55.5 Å². The maximum atomic E-state index is 12.3. The van der Waals surface area contributed by atoms with E-state index in [-0.39, 0.29) is 12.5 Å². The average Bonchev–Trinajstić information content (AvgIpc) is 3.33. The number of para-hydroxylation sites is 1. The molecule has 0 aliphatic carbocycles. The molecule has 8 nitrogen and oxygen atoms in total. The maximum absolute atomic E-state index is 12.3. The molecule has 0 spiro atoms. The van der Waals surface area contributed by atoms with Crippen LogP contribution in [0.1, 0.15) is 22.8 Å². The molecule has 0 unspecified atom stereocenters. The van der Waals surface area contributed by atoms with E-state index in [0.717, 1.165) is 21.3 Å². The average molecular weight is 546 g/mol. The fourth-order valence-corrected chi connectivity index (χ4v) is 3.64. The lowest BCUT2D eigenvalue weighted by Gasteiger charge is -2.06. The number of carbonyl (C=O) groups excluding carboxylic acids is 2. The number of hydrazone groups is 1. The Morgan fingerprint density at radius 1 is 1.03 bits per heavy atom. The molecule has 0 aliphatic heterocycles. The van der Waals surface area contributed by atoms with E-state index in [1.807, 2.05) is 67.7 Å². The summed E-state index contributed by atoms with van der Waals surface area (Å²) in [7, 11) is 0. The Morgan fingerprint density at radius 2 is 1.75 bits per heavy atom. The third kappa shape index (κ3) is 6.45. The molecule has 1 heterocycles. The second-order valence-electron chi connectivity index (χ2n) is 7.65. The molecule has 0 saturated carbocycles. The molecule has 0 radical (unpaired) electrons. The van der Waals surface area contributed by atoms with E-state index in [1.54, 1.807) is 28.9 Å². The number of aromatic nitrogens is 2. The lowest BCUT2D eigenvalue weighted by atomic mass is 10.1. The Balaban J connectivity index is 1.41. The number of carbonyl (C=O) groups is 2. The standard InChI is InChI=1S/C27H24BrN5O3/c1-2-36-24-14-10-20(11-15-24)27(35)29-17-25(34)31-30-16-21-18-33(23-6-4-3-5-7-23)32-26(21)19-8-12-22(28)13-9-19/h3-16,18H,2,17H2,1H3,(H,29,35)(H,31,34)/b30-16-. The van der Waals surface area contributed by atoms with E-state index in [1.165, 1.54) is 6.21 Å². The lowest BCUT2D eigenvalue weighted by Crippen LogP contribution is -2.34. The molecule has 0 aliphatic rings. The number of rotatable bonds is 9. The molecule has 182 valence electrons. The van der Waals surface area contributed by atoms with Crippen LogP contribution in [-0.2, 0) is 4.79 Å². The monoisotopic (exact) mass is 545 g/mol. The van der Waals surface area contributed by atoms with Gasteiger partial charge < -0.3 is 10.1 Å². The summed E-state index contributed by atoms with van der Waals surface area (Å²) in [4.78, 5) is 24.5. The van der Waals surface area contributed by atoms with Crippen LogP contribution in [0, 0.1) is 0 Å². The highest BCUT2D eigenvalue weighted by atomic mass is 79.9.